The second-order valence-electron chi connectivity index (χ2n) is 6.15. The summed E-state index contributed by atoms with van der Waals surface area (Å²) in [5.74, 6) is 1.47. The number of rotatable bonds is 7. The normalized spacial score (nSPS) is 12.1. The van der Waals surface area contributed by atoms with Crippen LogP contribution in [-0.4, -0.2) is 33.3 Å². The highest BCUT2D eigenvalue weighted by molar-refractivity contribution is 5.88. The van der Waals surface area contributed by atoms with Crippen molar-refractivity contribution in [3.63, 3.8) is 0 Å². The van der Waals surface area contributed by atoms with Crippen molar-refractivity contribution in [2.24, 2.45) is 0 Å². The maximum atomic E-state index is 11.0. The quantitative estimate of drug-likeness (QED) is 0.685. The minimum absolute atomic E-state index is 0.117. The van der Waals surface area contributed by atoms with Gasteiger partial charge in [0.15, 0.2) is 0 Å². The SMILES string of the molecule is CCc1nc2ccccc2n1C[C@H](O)COc1ccc(NC(C)=O)cc1. The number of aryl methyl sites for hydroxylation is 1. The smallest absolute Gasteiger partial charge is 0.221 e. The first-order valence-corrected chi connectivity index (χ1v) is 8.69. The predicted molar refractivity (Wildman–Crippen MR) is 101 cm³/mol. The van der Waals surface area contributed by atoms with E-state index in [1.807, 2.05) is 28.8 Å². The Labute approximate surface area is 152 Å². The minimum atomic E-state index is -0.659. The lowest BCUT2D eigenvalue weighted by molar-refractivity contribution is -0.114. The van der Waals surface area contributed by atoms with Gasteiger partial charge in [-0.3, -0.25) is 4.79 Å². The lowest BCUT2D eigenvalue weighted by Gasteiger charge is -2.15. The number of nitrogens with one attached hydrogen (secondary N) is 1. The Balaban J connectivity index is 1.62. The second kappa shape index (κ2) is 8.01. The molecule has 0 fully saturated rings. The summed E-state index contributed by atoms with van der Waals surface area (Å²) >= 11 is 0. The lowest BCUT2D eigenvalue weighted by Crippen LogP contribution is -2.24. The molecular weight excluding hydrogens is 330 g/mol. The van der Waals surface area contributed by atoms with Crippen LogP contribution in [-0.2, 0) is 17.8 Å². The topological polar surface area (TPSA) is 76.4 Å². The maximum Gasteiger partial charge on any atom is 0.221 e. The van der Waals surface area contributed by atoms with Gasteiger partial charge in [0.25, 0.3) is 0 Å². The largest absolute Gasteiger partial charge is 0.491 e. The fourth-order valence-corrected chi connectivity index (χ4v) is 2.89. The molecule has 0 unspecified atom stereocenters. The highest BCUT2D eigenvalue weighted by Crippen LogP contribution is 2.18. The van der Waals surface area contributed by atoms with Gasteiger partial charge in [0.1, 0.15) is 24.3 Å². The van der Waals surface area contributed by atoms with Crippen molar-refractivity contribution in [3.8, 4) is 5.75 Å². The van der Waals surface area contributed by atoms with Gasteiger partial charge in [-0.15, -0.1) is 0 Å². The molecule has 0 aliphatic carbocycles. The fraction of sp³-hybridized carbons (Fsp3) is 0.300. The van der Waals surface area contributed by atoms with Crippen LogP contribution >= 0.6 is 0 Å². The van der Waals surface area contributed by atoms with Gasteiger partial charge in [0.2, 0.25) is 5.91 Å². The first-order valence-electron chi connectivity index (χ1n) is 8.69. The van der Waals surface area contributed by atoms with Gasteiger partial charge in [0.05, 0.1) is 17.6 Å². The van der Waals surface area contributed by atoms with Crippen LogP contribution in [0.1, 0.15) is 19.7 Å². The molecule has 0 aliphatic heterocycles. The lowest BCUT2D eigenvalue weighted by atomic mass is 10.3. The van der Waals surface area contributed by atoms with E-state index in [1.54, 1.807) is 24.3 Å². The van der Waals surface area contributed by atoms with Crippen LogP contribution in [0.3, 0.4) is 0 Å². The van der Waals surface area contributed by atoms with E-state index in [9.17, 15) is 9.90 Å². The Morgan fingerprint density at radius 2 is 1.96 bits per heavy atom. The molecule has 1 amide bonds. The summed E-state index contributed by atoms with van der Waals surface area (Å²) < 4.78 is 7.71. The van der Waals surface area contributed by atoms with E-state index in [2.05, 4.69) is 17.2 Å². The molecule has 3 aromatic rings. The zero-order chi connectivity index (χ0) is 18.5. The number of hydrogen-bond acceptors (Lipinski definition) is 4. The van der Waals surface area contributed by atoms with Crippen LogP contribution in [0.5, 0.6) is 5.75 Å². The molecule has 0 bridgehead atoms. The van der Waals surface area contributed by atoms with Gasteiger partial charge in [-0.25, -0.2) is 4.98 Å². The molecule has 136 valence electrons. The van der Waals surface area contributed by atoms with Gasteiger partial charge >= 0.3 is 0 Å². The van der Waals surface area contributed by atoms with Crippen LogP contribution in [0.2, 0.25) is 0 Å². The van der Waals surface area contributed by atoms with Crippen LogP contribution in [0.25, 0.3) is 11.0 Å². The first kappa shape index (κ1) is 17.9. The number of fused-ring (bicyclic) bond motifs is 1. The standard InChI is InChI=1S/C20H23N3O3/c1-3-20-22-18-6-4-5-7-19(18)23(20)12-16(25)13-26-17-10-8-15(9-11-17)21-14(2)24/h4-11,16,25H,3,12-13H2,1-2H3,(H,21,24)/t16-/m0/s1. The molecule has 0 saturated heterocycles. The Morgan fingerprint density at radius 1 is 1.23 bits per heavy atom. The Bertz CT molecular complexity index is 887. The second-order valence-corrected chi connectivity index (χ2v) is 6.15. The van der Waals surface area contributed by atoms with E-state index < -0.39 is 6.10 Å². The molecule has 2 N–H and O–H groups in total. The number of para-hydroxylation sites is 2. The minimum Gasteiger partial charge on any atom is -0.491 e. The number of imidazole rings is 1. The Hall–Kier alpha value is -2.86. The van der Waals surface area contributed by atoms with E-state index in [0.717, 1.165) is 23.3 Å². The van der Waals surface area contributed by atoms with E-state index in [1.165, 1.54) is 6.92 Å². The molecule has 1 aromatic heterocycles. The van der Waals surface area contributed by atoms with Gasteiger partial charge in [-0.05, 0) is 36.4 Å². The zero-order valence-corrected chi connectivity index (χ0v) is 15.0. The summed E-state index contributed by atoms with van der Waals surface area (Å²) in [6.07, 6.45) is 0.139. The number of ether oxygens (including phenoxy) is 1. The average Bonchev–Trinajstić information content (AvgIpc) is 2.98. The van der Waals surface area contributed by atoms with Crippen molar-refractivity contribution in [3.05, 3.63) is 54.4 Å². The van der Waals surface area contributed by atoms with Crippen molar-refractivity contribution in [2.75, 3.05) is 11.9 Å². The summed E-state index contributed by atoms with van der Waals surface area (Å²) in [6, 6.07) is 15.0. The Kier molecular flexibility index (Phi) is 5.53. The van der Waals surface area contributed by atoms with Crippen molar-refractivity contribution < 1.29 is 14.6 Å². The number of hydrogen-bond donors (Lipinski definition) is 2. The van der Waals surface area contributed by atoms with E-state index >= 15 is 0 Å². The molecule has 0 aliphatic rings. The summed E-state index contributed by atoms with van der Waals surface area (Å²) in [6.45, 7) is 4.12. The van der Waals surface area contributed by atoms with Crippen molar-refractivity contribution in [1.29, 1.82) is 0 Å². The molecule has 0 spiro atoms. The van der Waals surface area contributed by atoms with Crippen LogP contribution in [0.15, 0.2) is 48.5 Å². The van der Waals surface area contributed by atoms with E-state index in [4.69, 9.17) is 4.74 Å². The van der Waals surface area contributed by atoms with Crippen molar-refractivity contribution in [1.82, 2.24) is 9.55 Å². The van der Waals surface area contributed by atoms with Crippen molar-refractivity contribution in [2.45, 2.75) is 32.9 Å². The third-order valence-corrected chi connectivity index (χ3v) is 4.06. The first-order chi connectivity index (χ1) is 12.6. The van der Waals surface area contributed by atoms with E-state index in [-0.39, 0.29) is 12.5 Å². The predicted octanol–water partition coefficient (Wildman–Crippen LogP) is 3.00. The van der Waals surface area contributed by atoms with Crippen LogP contribution in [0, 0.1) is 0 Å². The molecule has 2 aromatic carbocycles. The highest BCUT2D eigenvalue weighted by Gasteiger charge is 2.13. The third kappa shape index (κ3) is 4.21. The van der Waals surface area contributed by atoms with Gasteiger partial charge in [-0.1, -0.05) is 19.1 Å². The molecule has 1 atom stereocenters. The highest BCUT2D eigenvalue weighted by atomic mass is 16.5. The molecule has 1 heterocycles. The number of amides is 1. The van der Waals surface area contributed by atoms with E-state index in [0.29, 0.717) is 18.0 Å². The molecule has 3 rings (SSSR count). The zero-order valence-electron chi connectivity index (χ0n) is 15.0. The summed E-state index contributed by atoms with van der Waals surface area (Å²) in [4.78, 5) is 15.6. The molecular formula is C20H23N3O3. The number of carbonyl (C=O) groups excluding carboxylic acids is 1. The van der Waals surface area contributed by atoms with Crippen LogP contribution < -0.4 is 10.1 Å². The number of aromatic nitrogens is 2. The molecule has 0 saturated carbocycles. The fourth-order valence-electron chi connectivity index (χ4n) is 2.89. The van der Waals surface area contributed by atoms with Crippen LogP contribution in [0.4, 0.5) is 5.69 Å². The van der Waals surface area contributed by atoms with Crippen molar-refractivity contribution >= 4 is 22.6 Å². The Morgan fingerprint density at radius 3 is 2.65 bits per heavy atom. The number of anilines is 1. The summed E-state index contributed by atoms with van der Waals surface area (Å²) in [5.41, 5.74) is 2.66. The van der Waals surface area contributed by atoms with Gasteiger partial charge < -0.3 is 19.7 Å². The number of aliphatic hydroxyl groups excluding tert-OH is 1. The molecule has 6 heteroatoms. The molecule has 6 nitrogen and oxygen atoms in total. The summed E-state index contributed by atoms with van der Waals surface area (Å²) in [7, 11) is 0. The number of benzene rings is 2. The number of aliphatic hydroxyl groups is 1. The number of nitrogens with zero attached hydrogens (tertiary/aromatic N) is 2. The van der Waals surface area contributed by atoms with Gasteiger partial charge in [0, 0.05) is 19.0 Å². The number of carbonyl (C=O) groups is 1. The maximum absolute atomic E-state index is 11.0. The molecule has 0 radical (unpaired) electrons. The monoisotopic (exact) mass is 353 g/mol. The third-order valence-electron chi connectivity index (χ3n) is 4.06. The summed E-state index contributed by atoms with van der Waals surface area (Å²) in [5, 5.41) is 13.1. The molecule has 26 heavy (non-hydrogen) atoms. The van der Waals surface area contributed by atoms with Gasteiger partial charge in [-0.2, -0.15) is 0 Å². The average molecular weight is 353 g/mol.